The van der Waals surface area contributed by atoms with Gasteiger partial charge >= 0.3 is 0 Å². The van der Waals surface area contributed by atoms with Crippen LogP contribution in [0.5, 0.6) is 11.5 Å². The van der Waals surface area contributed by atoms with Crippen LogP contribution in [-0.4, -0.2) is 29.8 Å². The third-order valence-electron chi connectivity index (χ3n) is 9.84. The van der Waals surface area contributed by atoms with Gasteiger partial charge in [0.2, 0.25) is 0 Å². The van der Waals surface area contributed by atoms with Gasteiger partial charge in [-0.25, -0.2) is 0 Å². The minimum Gasteiger partial charge on any atom is -0.494 e. The molecular formula is C46H60N2O3Si2. The van der Waals surface area contributed by atoms with Crippen molar-refractivity contribution in [3.63, 3.8) is 0 Å². The van der Waals surface area contributed by atoms with E-state index in [-0.39, 0.29) is 0 Å². The smallest absolute Gasteiger partial charge is 0.173 e. The number of nitrogens with zero attached hydrogens (tertiary/aromatic N) is 2. The fourth-order valence-electron chi connectivity index (χ4n) is 6.91. The molecule has 4 aromatic rings. The van der Waals surface area contributed by atoms with Crippen LogP contribution in [0.15, 0.2) is 97.1 Å². The molecule has 0 radical (unpaired) electrons. The Kier molecular flexibility index (Phi) is 17.4. The van der Waals surface area contributed by atoms with Gasteiger partial charge in [0, 0.05) is 0 Å². The van der Waals surface area contributed by atoms with E-state index in [1.54, 1.807) is 0 Å². The lowest BCUT2D eigenvalue weighted by Gasteiger charge is -2.34. The molecule has 0 heterocycles. The van der Waals surface area contributed by atoms with Crippen LogP contribution in [-0.2, 0) is 4.12 Å². The maximum absolute atomic E-state index is 8.99. The van der Waals surface area contributed by atoms with Crippen LogP contribution in [0.25, 0.3) is 22.3 Å². The molecule has 4 aromatic carbocycles. The third-order valence-corrected chi connectivity index (χ3v) is 17.4. The van der Waals surface area contributed by atoms with Crippen molar-refractivity contribution in [3.05, 3.63) is 108 Å². The van der Waals surface area contributed by atoms with Crippen LogP contribution in [0.1, 0.15) is 88.2 Å². The van der Waals surface area contributed by atoms with E-state index in [2.05, 4.69) is 62.6 Å². The van der Waals surface area contributed by atoms with Crippen molar-refractivity contribution in [1.29, 1.82) is 10.5 Å². The fraction of sp³-hybridized carbons (Fsp3) is 0.435. The van der Waals surface area contributed by atoms with Gasteiger partial charge in [0.1, 0.15) is 11.5 Å². The molecule has 0 N–H and O–H groups in total. The molecule has 53 heavy (non-hydrogen) atoms. The molecule has 0 saturated carbocycles. The van der Waals surface area contributed by atoms with E-state index in [4.69, 9.17) is 24.1 Å². The predicted octanol–water partition coefficient (Wildman–Crippen LogP) is 13.3. The molecule has 5 nitrogen and oxygen atoms in total. The van der Waals surface area contributed by atoms with Gasteiger partial charge in [-0.05, 0) is 122 Å². The topological polar surface area (TPSA) is 75.3 Å². The largest absolute Gasteiger partial charge is 0.494 e. The minimum atomic E-state index is -1.63. The molecule has 0 aromatic heterocycles. The first-order valence-electron chi connectivity index (χ1n) is 19.8. The van der Waals surface area contributed by atoms with Crippen LogP contribution in [0.4, 0.5) is 0 Å². The monoisotopic (exact) mass is 744 g/mol. The minimum absolute atomic E-state index is 0.681. The van der Waals surface area contributed by atoms with E-state index in [1.165, 1.54) is 76.3 Å². The second-order valence-electron chi connectivity index (χ2n) is 15.5. The SMILES string of the molecule is C[Si](C)(CCCCCCCCOc1ccc(-c2ccc(C#N)cc2)cc1)O[Si](C)(C)CCCCCCCCOc1ccc(-c2ccc(C#N)cc2)cc1. The van der Waals surface area contributed by atoms with Crippen LogP contribution < -0.4 is 9.47 Å². The molecule has 0 spiro atoms. The Bertz CT molecular complexity index is 1580. The van der Waals surface area contributed by atoms with Gasteiger partial charge in [-0.3, -0.25) is 0 Å². The zero-order chi connectivity index (χ0) is 37.8. The Morgan fingerprint density at radius 1 is 0.396 bits per heavy atom. The molecule has 0 aliphatic rings. The second-order valence-corrected chi connectivity index (χ2v) is 24.3. The number of rotatable bonds is 24. The molecule has 0 aliphatic carbocycles. The summed E-state index contributed by atoms with van der Waals surface area (Å²) >= 11 is 0. The van der Waals surface area contributed by atoms with Gasteiger partial charge in [-0.2, -0.15) is 10.5 Å². The number of hydrogen-bond donors (Lipinski definition) is 0. The van der Waals surface area contributed by atoms with Crippen LogP contribution in [0, 0.1) is 22.7 Å². The number of ether oxygens (including phenoxy) is 2. The zero-order valence-electron chi connectivity index (χ0n) is 32.7. The Balaban J connectivity index is 0.956. The molecule has 0 unspecified atom stereocenters. The first-order chi connectivity index (χ1) is 25.7. The summed E-state index contributed by atoms with van der Waals surface area (Å²) in [5, 5.41) is 18.0. The lowest BCUT2D eigenvalue weighted by molar-refractivity contribution is 0.304. The molecule has 0 amide bonds. The van der Waals surface area contributed by atoms with Crippen molar-refractivity contribution in [2.75, 3.05) is 13.2 Å². The van der Waals surface area contributed by atoms with Crippen molar-refractivity contribution in [3.8, 4) is 45.9 Å². The summed E-state index contributed by atoms with van der Waals surface area (Å²) in [6.07, 6.45) is 14.9. The lowest BCUT2D eigenvalue weighted by Crippen LogP contribution is -2.44. The summed E-state index contributed by atoms with van der Waals surface area (Å²) in [6, 6.07) is 38.7. The number of nitriles is 2. The number of benzene rings is 4. The van der Waals surface area contributed by atoms with Gasteiger partial charge < -0.3 is 13.6 Å². The zero-order valence-corrected chi connectivity index (χ0v) is 34.7. The molecule has 7 heteroatoms. The quantitative estimate of drug-likeness (QED) is 0.0527. The molecule has 0 bridgehead atoms. The highest BCUT2D eigenvalue weighted by Gasteiger charge is 2.32. The van der Waals surface area contributed by atoms with Crippen molar-refractivity contribution >= 4 is 16.6 Å². The first-order valence-corrected chi connectivity index (χ1v) is 26.1. The second kappa shape index (κ2) is 22.2. The van der Waals surface area contributed by atoms with Crippen LogP contribution in [0.3, 0.4) is 0 Å². The van der Waals surface area contributed by atoms with Gasteiger partial charge in [-0.15, -0.1) is 0 Å². The first kappa shape index (κ1) is 41.6. The van der Waals surface area contributed by atoms with Gasteiger partial charge in [0.15, 0.2) is 16.6 Å². The van der Waals surface area contributed by atoms with Gasteiger partial charge in [0.25, 0.3) is 0 Å². The van der Waals surface area contributed by atoms with Crippen LogP contribution >= 0.6 is 0 Å². The van der Waals surface area contributed by atoms with Crippen LogP contribution in [0.2, 0.25) is 38.3 Å². The van der Waals surface area contributed by atoms with E-state index >= 15 is 0 Å². The Hall–Kier alpha value is -4.15. The number of hydrogen-bond acceptors (Lipinski definition) is 5. The Labute approximate surface area is 322 Å². The van der Waals surface area contributed by atoms with E-state index in [9.17, 15) is 0 Å². The maximum atomic E-state index is 8.99. The summed E-state index contributed by atoms with van der Waals surface area (Å²) in [7, 11) is -3.25. The van der Waals surface area contributed by atoms with Gasteiger partial charge in [-0.1, -0.05) is 113 Å². The predicted molar refractivity (Wildman–Crippen MR) is 225 cm³/mol. The highest BCUT2D eigenvalue weighted by atomic mass is 28.4. The molecule has 280 valence electrons. The maximum Gasteiger partial charge on any atom is 0.173 e. The summed E-state index contributed by atoms with van der Waals surface area (Å²) in [5.74, 6) is 1.83. The van der Waals surface area contributed by atoms with Crippen molar-refractivity contribution in [1.82, 2.24) is 0 Å². The molecule has 4 rings (SSSR count). The van der Waals surface area contributed by atoms with Gasteiger partial charge in [0.05, 0.1) is 36.5 Å². The normalized spacial score (nSPS) is 11.5. The summed E-state index contributed by atoms with van der Waals surface area (Å²) < 4.78 is 18.9. The van der Waals surface area contributed by atoms with Crippen molar-refractivity contribution in [2.45, 2.75) is 115 Å². The summed E-state index contributed by atoms with van der Waals surface area (Å²) in [4.78, 5) is 0. The summed E-state index contributed by atoms with van der Waals surface area (Å²) in [5.41, 5.74) is 5.84. The molecule has 0 aliphatic heterocycles. The highest BCUT2D eigenvalue weighted by Crippen LogP contribution is 2.27. The van der Waals surface area contributed by atoms with E-state index in [0.29, 0.717) is 11.1 Å². The average Bonchev–Trinajstić information content (AvgIpc) is 3.16. The average molecular weight is 745 g/mol. The molecule has 0 atom stereocenters. The Morgan fingerprint density at radius 2 is 0.679 bits per heavy atom. The lowest BCUT2D eigenvalue weighted by atomic mass is 10.0. The standard InChI is InChI=1S/C46H60N2O3Si2/c1-52(2,35-15-11-7-5-9-13-33-49-45-29-25-43(26-30-45)41-21-17-39(37-47)18-22-41)51-53(3,4)36-16-12-8-6-10-14-34-50-46-31-27-44(28-32-46)42-23-19-40(38-48)20-24-42/h17-32H,5-16,33-36H2,1-4H3. The van der Waals surface area contributed by atoms with Crippen molar-refractivity contribution < 1.29 is 13.6 Å². The molecular weight excluding hydrogens is 685 g/mol. The molecule has 0 saturated heterocycles. The third kappa shape index (κ3) is 15.8. The van der Waals surface area contributed by atoms with E-state index in [1.807, 2.05) is 72.8 Å². The Morgan fingerprint density at radius 3 is 1.00 bits per heavy atom. The number of unbranched alkanes of at least 4 members (excludes halogenated alkanes) is 10. The summed E-state index contributed by atoms with van der Waals surface area (Å²) in [6.45, 7) is 11.3. The van der Waals surface area contributed by atoms with E-state index in [0.717, 1.165) is 59.8 Å². The molecule has 0 fully saturated rings. The van der Waals surface area contributed by atoms with E-state index < -0.39 is 16.6 Å². The van der Waals surface area contributed by atoms with Crippen molar-refractivity contribution in [2.24, 2.45) is 0 Å². The highest BCUT2D eigenvalue weighted by molar-refractivity contribution is 6.84. The fourth-order valence-corrected chi connectivity index (χ4v) is 15.9.